The van der Waals surface area contributed by atoms with Crippen LogP contribution in [0.15, 0.2) is 82.6 Å². The van der Waals surface area contributed by atoms with Crippen LogP contribution in [0.5, 0.6) is 0 Å². The van der Waals surface area contributed by atoms with E-state index in [9.17, 15) is 26.4 Å². The SMILES string of the molecule is CN1Cc2c(Cl)cc(Cl)cc2C(c2cccc(S(=O)(=O)NCCOCCOCCOCCNC(=O)C(=O)NCCOCCOCCOCCNS(=O)(=O)c3cccc(C4CN(C)Cc5c(Cl)cc(Cl)cc54)c3)c2)C1. The first-order valence-corrected chi connectivity index (χ1v) is 28.5. The van der Waals surface area contributed by atoms with Crippen LogP contribution in [0.25, 0.3) is 0 Å². The van der Waals surface area contributed by atoms with E-state index in [1.807, 2.05) is 38.4 Å². The van der Waals surface area contributed by atoms with Gasteiger partial charge in [-0.25, -0.2) is 26.3 Å². The van der Waals surface area contributed by atoms with Crippen LogP contribution < -0.4 is 20.1 Å². The molecule has 0 aromatic heterocycles. The molecule has 4 aromatic rings. The zero-order chi connectivity index (χ0) is 53.1. The van der Waals surface area contributed by atoms with Gasteiger partial charge in [-0.1, -0.05) is 70.7 Å². The number of fused-ring (bicyclic) bond motifs is 2. The van der Waals surface area contributed by atoms with Crippen molar-refractivity contribution in [3.05, 3.63) is 126 Å². The molecule has 0 bridgehead atoms. The Hall–Kier alpha value is -3.52. The van der Waals surface area contributed by atoms with Gasteiger partial charge in [0, 0.05) is 84.3 Å². The number of sulfonamides is 2. The second-order valence-electron chi connectivity index (χ2n) is 17.5. The van der Waals surface area contributed by atoms with E-state index in [-0.39, 0.29) is 127 Å². The van der Waals surface area contributed by atoms with Gasteiger partial charge >= 0.3 is 11.8 Å². The fourth-order valence-electron chi connectivity index (χ4n) is 8.44. The number of rotatable bonds is 30. The summed E-state index contributed by atoms with van der Waals surface area (Å²) in [6, 6.07) is 21.0. The highest BCUT2D eigenvalue weighted by atomic mass is 35.5. The number of nitrogens with one attached hydrogen (secondary N) is 4. The smallest absolute Gasteiger partial charge is 0.309 e. The van der Waals surface area contributed by atoms with Crippen molar-refractivity contribution >= 4 is 78.3 Å². The Kier molecular flexibility index (Phi) is 24.1. The van der Waals surface area contributed by atoms with Crippen LogP contribution in [0.1, 0.15) is 45.2 Å². The molecule has 2 aliphatic rings. The van der Waals surface area contributed by atoms with E-state index >= 15 is 0 Å². The summed E-state index contributed by atoms with van der Waals surface area (Å²) in [6.45, 7) is 5.82. The Labute approximate surface area is 454 Å². The molecule has 2 aliphatic heterocycles. The fraction of sp³-hybridized carbons (Fsp3) is 0.480. The molecule has 2 amide bonds. The minimum atomic E-state index is -3.80. The number of hydrogen-bond donors (Lipinski definition) is 4. The number of amides is 2. The van der Waals surface area contributed by atoms with Gasteiger partial charge < -0.3 is 48.9 Å². The number of ether oxygens (including phenoxy) is 6. The lowest BCUT2D eigenvalue weighted by atomic mass is 9.85. The summed E-state index contributed by atoms with van der Waals surface area (Å²) in [7, 11) is -3.60. The van der Waals surface area contributed by atoms with Crippen LogP contribution in [0.2, 0.25) is 20.1 Å². The molecule has 406 valence electrons. The number of nitrogens with zero attached hydrogens (tertiary/aromatic N) is 2. The van der Waals surface area contributed by atoms with Gasteiger partial charge in [0.05, 0.1) is 89.1 Å². The van der Waals surface area contributed by atoms with Crippen molar-refractivity contribution in [1.29, 1.82) is 0 Å². The van der Waals surface area contributed by atoms with E-state index < -0.39 is 31.9 Å². The number of likely N-dealkylation sites (N-methyl/N-ethyl adjacent to an activating group) is 2. The van der Waals surface area contributed by atoms with Crippen molar-refractivity contribution in [3.8, 4) is 0 Å². The summed E-state index contributed by atoms with van der Waals surface area (Å²) in [4.78, 5) is 28.8. The maximum absolute atomic E-state index is 13.1. The van der Waals surface area contributed by atoms with E-state index in [1.165, 1.54) is 0 Å². The summed E-state index contributed by atoms with van der Waals surface area (Å²) in [5.74, 6) is -1.80. The van der Waals surface area contributed by atoms with Gasteiger partial charge in [0.15, 0.2) is 0 Å². The molecule has 2 atom stereocenters. The van der Waals surface area contributed by atoms with Gasteiger partial charge in [-0.2, -0.15) is 0 Å². The van der Waals surface area contributed by atoms with E-state index in [0.717, 1.165) is 33.4 Å². The average Bonchev–Trinajstić information content (AvgIpc) is 3.36. The highest BCUT2D eigenvalue weighted by Gasteiger charge is 2.30. The summed E-state index contributed by atoms with van der Waals surface area (Å²) in [5, 5.41) is 7.21. The first-order valence-electron chi connectivity index (χ1n) is 24.1. The molecule has 0 radical (unpaired) electrons. The molecule has 0 saturated heterocycles. The van der Waals surface area contributed by atoms with Crippen LogP contribution in [-0.4, -0.2) is 171 Å². The first-order chi connectivity index (χ1) is 35.5. The molecule has 0 aliphatic carbocycles. The highest BCUT2D eigenvalue weighted by molar-refractivity contribution is 7.89. The molecular weight excluding hydrogens is 1080 g/mol. The fourth-order valence-corrected chi connectivity index (χ4v) is 11.7. The van der Waals surface area contributed by atoms with E-state index in [4.69, 9.17) is 74.8 Å². The van der Waals surface area contributed by atoms with Gasteiger partial charge in [-0.05, 0) is 96.0 Å². The van der Waals surface area contributed by atoms with Gasteiger partial charge in [-0.15, -0.1) is 0 Å². The topological polar surface area (TPSA) is 212 Å². The van der Waals surface area contributed by atoms with Crippen molar-refractivity contribution < 1.29 is 54.8 Å². The van der Waals surface area contributed by atoms with Gasteiger partial charge in [0.1, 0.15) is 0 Å². The largest absolute Gasteiger partial charge is 0.378 e. The molecule has 74 heavy (non-hydrogen) atoms. The Morgan fingerprint density at radius 2 is 0.838 bits per heavy atom. The normalized spacial score (nSPS) is 16.2. The van der Waals surface area contributed by atoms with Crippen LogP contribution >= 0.6 is 46.4 Å². The molecule has 18 nitrogen and oxygen atoms in total. The monoisotopic (exact) mass is 1140 g/mol. The van der Waals surface area contributed by atoms with Crippen molar-refractivity contribution in [2.45, 2.75) is 34.7 Å². The molecule has 24 heteroatoms. The minimum Gasteiger partial charge on any atom is -0.378 e. The second kappa shape index (κ2) is 29.8. The molecule has 0 saturated carbocycles. The quantitative estimate of drug-likeness (QED) is 0.0398. The highest BCUT2D eigenvalue weighted by Crippen LogP contribution is 2.40. The Bertz CT molecular complexity index is 2550. The Morgan fingerprint density at radius 1 is 0.500 bits per heavy atom. The zero-order valence-corrected chi connectivity index (χ0v) is 46.0. The Balaban J connectivity index is 0.708. The summed E-state index contributed by atoms with van der Waals surface area (Å²) in [5.41, 5.74) is 5.65. The van der Waals surface area contributed by atoms with Gasteiger partial charge in [0.2, 0.25) is 20.0 Å². The van der Waals surface area contributed by atoms with Crippen molar-refractivity contribution in [2.75, 3.05) is 133 Å². The number of carbonyl (C=O) groups excluding carboxylic acids is 2. The lowest BCUT2D eigenvalue weighted by Gasteiger charge is -2.33. The number of benzene rings is 4. The predicted octanol–water partition coefficient (Wildman–Crippen LogP) is 5.04. The van der Waals surface area contributed by atoms with Gasteiger partial charge in [-0.3, -0.25) is 9.59 Å². The summed E-state index contributed by atoms with van der Waals surface area (Å²) in [6.07, 6.45) is 0. The number of hydrogen-bond acceptors (Lipinski definition) is 14. The van der Waals surface area contributed by atoms with Crippen molar-refractivity contribution in [2.24, 2.45) is 0 Å². The van der Waals surface area contributed by atoms with Crippen LogP contribution in [0.4, 0.5) is 0 Å². The van der Waals surface area contributed by atoms with Gasteiger partial charge in [0.25, 0.3) is 0 Å². The second-order valence-corrected chi connectivity index (χ2v) is 22.8. The van der Waals surface area contributed by atoms with Crippen LogP contribution in [-0.2, 0) is 71.1 Å². The lowest BCUT2D eigenvalue weighted by Crippen LogP contribution is -2.42. The molecule has 2 heterocycles. The number of halogens is 4. The maximum Gasteiger partial charge on any atom is 0.309 e. The van der Waals surface area contributed by atoms with E-state index in [2.05, 4.69) is 29.9 Å². The standard InChI is InChI=1S/C50H64Cl4N6O12S2/c1-59-31-43(41-27-37(51)29-47(53)45(41)33-59)35-5-3-7-39(25-35)73(63,64)57-11-15-69-19-23-71-21-17-67-13-9-55-49(61)50(62)56-10-14-68-18-22-72-24-20-70-16-12-58-74(65,66)40-8-4-6-36(26-40)44-32-60(2)34-46-42(44)28-38(52)30-48(46)54/h3-8,25-30,43-44,57-58H,9-24,31-34H2,1-2H3,(H,55,61)(H,56,62). The third-order valence-electron chi connectivity index (χ3n) is 12.0. The molecule has 4 N–H and O–H groups in total. The Morgan fingerprint density at radius 3 is 1.20 bits per heavy atom. The zero-order valence-electron chi connectivity index (χ0n) is 41.3. The third-order valence-corrected chi connectivity index (χ3v) is 16.0. The molecule has 2 unspecified atom stereocenters. The van der Waals surface area contributed by atoms with Crippen LogP contribution in [0.3, 0.4) is 0 Å². The van der Waals surface area contributed by atoms with Crippen molar-refractivity contribution in [3.63, 3.8) is 0 Å². The molecule has 4 aromatic carbocycles. The van der Waals surface area contributed by atoms with Crippen LogP contribution in [0, 0.1) is 0 Å². The third kappa shape index (κ3) is 18.3. The van der Waals surface area contributed by atoms with E-state index in [1.54, 1.807) is 48.5 Å². The molecule has 0 fully saturated rings. The minimum absolute atomic E-state index is 0.0743. The molecule has 6 rings (SSSR count). The van der Waals surface area contributed by atoms with E-state index in [0.29, 0.717) is 46.3 Å². The molecule has 0 spiro atoms. The average molecular weight is 1150 g/mol. The van der Waals surface area contributed by atoms with Crippen molar-refractivity contribution in [1.82, 2.24) is 29.9 Å². The lowest BCUT2D eigenvalue weighted by molar-refractivity contribution is -0.139. The predicted molar refractivity (Wildman–Crippen MR) is 283 cm³/mol. The summed E-state index contributed by atoms with van der Waals surface area (Å²) < 4.78 is 90.5. The molecular formula is C50H64Cl4N6O12S2. The number of carbonyl (C=O) groups is 2. The maximum atomic E-state index is 13.1. The first kappa shape index (κ1) is 59.7. The summed E-state index contributed by atoms with van der Waals surface area (Å²) >= 11 is 25.7.